The third-order valence-electron chi connectivity index (χ3n) is 2.35. The van der Waals surface area contributed by atoms with E-state index in [2.05, 4.69) is 65.5 Å². The number of benzene rings is 1. The zero-order valence-electron chi connectivity index (χ0n) is 9.08. The molecule has 0 aliphatic rings. The Morgan fingerprint density at radius 2 is 1.64 bits per heavy atom. The van der Waals surface area contributed by atoms with Crippen molar-refractivity contribution in [2.24, 2.45) is 0 Å². The second-order valence-electron chi connectivity index (χ2n) is 3.34. The van der Waals surface area contributed by atoms with Crippen LogP contribution in [0.15, 0.2) is 24.3 Å². The molecule has 0 amide bonds. The molecule has 0 saturated heterocycles. The van der Waals surface area contributed by atoms with Crippen molar-refractivity contribution in [3.8, 4) is 0 Å². The molecule has 0 spiro atoms. The summed E-state index contributed by atoms with van der Waals surface area (Å²) in [4.78, 5) is 2.32. The summed E-state index contributed by atoms with van der Waals surface area (Å²) in [5, 5.41) is 0. The number of nitrogens with zero attached hydrogens (tertiary/aromatic N) is 1. The Balaban J connectivity index is 2.83. The molecule has 0 fully saturated rings. The summed E-state index contributed by atoms with van der Waals surface area (Å²) < 4.78 is 1.25. The number of hydrogen-bond acceptors (Lipinski definition) is 1. The molecule has 1 aromatic carbocycles. The molecule has 0 radical (unpaired) electrons. The summed E-state index contributed by atoms with van der Waals surface area (Å²) in [5.74, 6) is 0. The van der Waals surface area contributed by atoms with Crippen LogP contribution >= 0.6 is 0 Å². The second kappa shape index (κ2) is 5.33. The molecule has 0 bridgehead atoms. The van der Waals surface area contributed by atoms with Crippen molar-refractivity contribution in [2.45, 2.75) is 20.8 Å². The monoisotopic (exact) mass is 255 g/mol. The van der Waals surface area contributed by atoms with E-state index < -0.39 is 0 Å². The number of hydrogen-bond donors (Lipinski definition) is 0. The fourth-order valence-corrected chi connectivity index (χ4v) is 2.22. The third-order valence-corrected chi connectivity index (χ3v) is 3.39. The molecule has 1 nitrogen and oxygen atoms in total. The van der Waals surface area contributed by atoms with Crippen LogP contribution in [0.5, 0.6) is 0 Å². The summed E-state index contributed by atoms with van der Waals surface area (Å²) in [6, 6.07) is 8.63. The molecule has 14 heavy (non-hydrogen) atoms. The van der Waals surface area contributed by atoms with Crippen molar-refractivity contribution in [1.82, 2.24) is 4.90 Å². The van der Waals surface area contributed by atoms with Gasteiger partial charge in [-0.2, -0.15) is 0 Å². The molecule has 0 N–H and O–H groups in total. The summed E-state index contributed by atoms with van der Waals surface area (Å²) in [6.45, 7) is 8.56. The average molecular weight is 254 g/mol. The Bertz CT molecular complexity index is 299. The van der Waals surface area contributed by atoms with Gasteiger partial charge in [0.05, 0.1) is 0 Å². The van der Waals surface area contributed by atoms with E-state index in [1.54, 1.807) is 0 Å². The molecule has 2 heteroatoms. The van der Waals surface area contributed by atoms with Gasteiger partial charge in [0.25, 0.3) is 0 Å². The predicted molar refractivity (Wildman–Crippen MR) is 64.0 cm³/mol. The summed E-state index contributed by atoms with van der Waals surface area (Å²) >= 11 is 3.16. The van der Waals surface area contributed by atoms with Crippen molar-refractivity contribution >= 4 is 20.1 Å². The molecular weight excluding hydrogens is 237 g/mol. The first kappa shape index (κ1) is 11.5. The Morgan fingerprint density at radius 1 is 1.14 bits per heavy atom. The molecule has 1 aromatic rings. The third kappa shape index (κ3) is 2.70. The Kier molecular flexibility index (Phi) is 4.37. The zero-order chi connectivity index (χ0) is 10.6. The van der Waals surface area contributed by atoms with Crippen LogP contribution in [0.25, 0.3) is 0 Å². The van der Waals surface area contributed by atoms with Gasteiger partial charge in [-0.05, 0) is 0 Å². The van der Waals surface area contributed by atoms with E-state index in [1.165, 1.54) is 15.7 Å². The fourth-order valence-electron chi connectivity index (χ4n) is 1.39. The van der Waals surface area contributed by atoms with E-state index in [1.807, 2.05) is 0 Å². The van der Waals surface area contributed by atoms with Crippen LogP contribution in [-0.4, -0.2) is 38.1 Å². The van der Waals surface area contributed by atoms with E-state index in [4.69, 9.17) is 0 Å². The maximum absolute atomic E-state index is 3.16. The van der Waals surface area contributed by atoms with E-state index >= 15 is 0 Å². The van der Waals surface area contributed by atoms with Crippen LogP contribution in [-0.2, 0) is 0 Å². The van der Waals surface area contributed by atoms with Crippen LogP contribution in [0.2, 0.25) is 0 Å². The molecule has 0 saturated carbocycles. The standard InChI is InChI=1S/C12H17NSe/c1-4-13(5-2)12(14)11-8-6-10(3)7-9-11/h6-9H,4-5H2,1-3H3. The van der Waals surface area contributed by atoms with Gasteiger partial charge in [-0.15, -0.1) is 0 Å². The van der Waals surface area contributed by atoms with E-state index in [-0.39, 0.29) is 0 Å². The van der Waals surface area contributed by atoms with Gasteiger partial charge in [-0.3, -0.25) is 0 Å². The van der Waals surface area contributed by atoms with Crippen molar-refractivity contribution < 1.29 is 0 Å². The minimum absolute atomic E-state index is 1.05. The van der Waals surface area contributed by atoms with Crippen LogP contribution in [0, 0.1) is 6.92 Å². The van der Waals surface area contributed by atoms with Gasteiger partial charge in [0.1, 0.15) is 0 Å². The van der Waals surface area contributed by atoms with Crippen molar-refractivity contribution in [1.29, 1.82) is 0 Å². The van der Waals surface area contributed by atoms with E-state index in [0.717, 1.165) is 13.1 Å². The van der Waals surface area contributed by atoms with Crippen molar-refractivity contribution in [3.05, 3.63) is 35.4 Å². The molecule has 0 aliphatic heterocycles. The van der Waals surface area contributed by atoms with Gasteiger partial charge in [0.15, 0.2) is 0 Å². The van der Waals surface area contributed by atoms with Crippen LogP contribution in [0.3, 0.4) is 0 Å². The summed E-state index contributed by atoms with van der Waals surface area (Å²) in [6.07, 6.45) is 0. The average Bonchev–Trinajstić information content (AvgIpc) is 2.20. The number of rotatable bonds is 4. The van der Waals surface area contributed by atoms with E-state index in [0.29, 0.717) is 0 Å². The van der Waals surface area contributed by atoms with Gasteiger partial charge >= 0.3 is 94.3 Å². The Morgan fingerprint density at radius 3 is 2.07 bits per heavy atom. The molecule has 0 heterocycles. The van der Waals surface area contributed by atoms with Crippen LogP contribution in [0.4, 0.5) is 0 Å². The first-order chi connectivity index (χ1) is 6.69. The quantitative estimate of drug-likeness (QED) is 0.743. The van der Waals surface area contributed by atoms with Gasteiger partial charge in [0, 0.05) is 0 Å². The zero-order valence-corrected chi connectivity index (χ0v) is 10.8. The predicted octanol–water partition coefficient (Wildman–Crippen LogP) is 1.98. The van der Waals surface area contributed by atoms with Crippen LogP contribution < -0.4 is 0 Å². The Labute approximate surface area is 94.5 Å². The summed E-state index contributed by atoms with van der Waals surface area (Å²) in [7, 11) is 0. The maximum atomic E-state index is 3.16. The SMILES string of the molecule is CCN(CC)C(=[Se])c1ccc(C)cc1. The first-order valence-corrected chi connectivity index (χ1v) is 5.90. The number of aryl methyl sites for hydroxylation is 1. The molecule has 0 unspecified atom stereocenters. The van der Waals surface area contributed by atoms with Gasteiger partial charge in [0.2, 0.25) is 0 Å². The molecule has 1 rings (SSSR count). The van der Waals surface area contributed by atoms with Gasteiger partial charge in [-0.25, -0.2) is 0 Å². The molecule has 0 aromatic heterocycles. The van der Waals surface area contributed by atoms with Gasteiger partial charge < -0.3 is 0 Å². The Hall–Kier alpha value is -0.591. The molecule has 76 valence electrons. The topological polar surface area (TPSA) is 3.24 Å². The van der Waals surface area contributed by atoms with Gasteiger partial charge in [-0.1, -0.05) is 0 Å². The summed E-state index contributed by atoms with van der Waals surface area (Å²) in [5.41, 5.74) is 2.58. The first-order valence-electron chi connectivity index (χ1n) is 5.05. The van der Waals surface area contributed by atoms with E-state index in [9.17, 15) is 0 Å². The molecular formula is C12H17NSe. The van der Waals surface area contributed by atoms with Crippen LogP contribution in [0.1, 0.15) is 25.0 Å². The minimum atomic E-state index is 1.05. The molecule has 0 aliphatic carbocycles. The second-order valence-corrected chi connectivity index (χ2v) is 4.15. The van der Waals surface area contributed by atoms with Crippen molar-refractivity contribution in [3.63, 3.8) is 0 Å². The fraction of sp³-hybridized carbons (Fsp3) is 0.417. The van der Waals surface area contributed by atoms with Crippen molar-refractivity contribution in [2.75, 3.05) is 13.1 Å². The molecule has 0 atom stereocenters. The normalized spacial score (nSPS) is 9.93.